The molecule has 7 heteroatoms. The molecule has 4 rings (SSSR count). The number of aromatic nitrogens is 2. The number of nitrogens with two attached hydrogens (primary N) is 1. The quantitative estimate of drug-likeness (QED) is 0.679. The average molecular weight is 342 g/mol. The van der Waals surface area contributed by atoms with Gasteiger partial charge in [0.15, 0.2) is 0 Å². The molecule has 5 N–H and O–H groups in total. The number of aromatic amines is 1. The fourth-order valence-electron chi connectivity index (χ4n) is 4.72. The van der Waals surface area contributed by atoms with Crippen LogP contribution in [0.4, 0.5) is 5.69 Å². The second-order valence-electron chi connectivity index (χ2n) is 7.44. The first-order valence-corrected chi connectivity index (χ1v) is 8.76. The van der Waals surface area contributed by atoms with Crippen molar-refractivity contribution in [3.63, 3.8) is 0 Å². The fourth-order valence-corrected chi connectivity index (χ4v) is 4.72. The summed E-state index contributed by atoms with van der Waals surface area (Å²) >= 11 is 0. The van der Waals surface area contributed by atoms with E-state index in [2.05, 4.69) is 15.3 Å². The Morgan fingerprint density at radius 3 is 2.56 bits per heavy atom. The van der Waals surface area contributed by atoms with Gasteiger partial charge >= 0.3 is 5.97 Å². The van der Waals surface area contributed by atoms with Crippen molar-refractivity contribution in [2.75, 3.05) is 5.32 Å². The van der Waals surface area contributed by atoms with Crippen LogP contribution in [0, 0.1) is 17.8 Å². The van der Waals surface area contributed by atoms with E-state index in [1.54, 1.807) is 6.20 Å². The van der Waals surface area contributed by atoms with Crippen LogP contribution in [0.2, 0.25) is 0 Å². The van der Waals surface area contributed by atoms with Crippen molar-refractivity contribution in [1.82, 2.24) is 9.97 Å². The van der Waals surface area contributed by atoms with Gasteiger partial charge in [-0.05, 0) is 50.0 Å². The summed E-state index contributed by atoms with van der Waals surface area (Å²) in [6, 6.07) is 2.11. The van der Waals surface area contributed by atoms with Crippen LogP contribution in [-0.2, 0) is 4.79 Å². The molecule has 2 bridgehead atoms. The van der Waals surface area contributed by atoms with Crippen LogP contribution < -0.4 is 11.1 Å². The molecule has 2 aliphatic carbocycles. The lowest BCUT2D eigenvalue weighted by Crippen LogP contribution is -2.39. The van der Waals surface area contributed by atoms with Crippen molar-refractivity contribution in [3.8, 4) is 0 Å². The number of carboxylic acid groups (broad SMARTS) is 1. The maximum atomic E-state index is 11.8. The van der Waals surface area contributed by atoms with Crippen LogP contribution in [0.1, 0.15) is 42.5 Å². The van der Waals surface area contributed by atoms with Gasteiger partial charge in [0.25, 0.3) is 5.91 Å². The fraction of sp³-hybridized carbons (Fsp3) is 0.500. The molecule has 7 nitrogen and oxygen atoms in total. The van der Waals surface area contributed by atoms with Crippen molar-refractivity contribution in [3.05, 3.63) is 24.0 Å². The number of nitrogens with one attached hydrogen (secondary N) is 2. The Kier molecular flexibility index (Phi) is 3.86. The summed E-state index contributed by atoms with van der Waals surface area (Å²) in [7, 11) is 0. The Labute approximate surface area is 145 Å². The number of primary amides is 1. The normalized spacial score (nSPS) is 28.6. The summed E-state index contributed by atoms with van der Waals surface area (Å²) in [6.45, 7) is 0. The predicted molar refractivity (Wildman–Crippen MR) is 93.2 cm³/mol. The van der Waals surface area contributed by atoms with Crippen molar-refractivity contribution >= 4 is 28.6 Å². The number of rotatable bonds is 4. The standard InChI is InChI=1S/C18H22N4O3/c19-16(23)14-8-21-17-13(1-2-20-17)15(14)22-12-6-9-3-10(7-12)5-11(4-9)18(24)25/h1-2,8-12H,3-7H2,(H2,19,23)(H,24,25)(H2,20,21,22)/t9-,10+,11+,12-. The number of carbonyl (C=O) groups excluding carboxylic acids is 1. The van der Waals surface area contributed by atoms with Gasteiger partial charge in [-0.15, -0.1) is 0 Å². The van der Waals surface area contributed by atoms with E-state index in [-0.39, 0.29) is 12.0 Å². The van der Waals surface area contributed by atoms with E-state index in [0.717, 1.165) is 48.8 Å². The summed E-state index contributed by atoms with van der Waals surface area (Å²) in [5, 5.41) is 13.7. The number of hydrogen-bond donors (Lipinski definition) is 4. The Bertz CT molecular complexity index is 817. The lowest BCUT2D eigenvalue weighted by molar-refractivity contribution is -0.144. The highest BCUT2D eigenvalue weighted by molar-refractivity contribution is 6.05. The van der Waals surface area contributed by atoms with Gasteiger partial charge in [0, 0.05) is 23.8 Å². The highest BCUT2D eigenvalue weighted by atomic mass is 16.4. The molecule has 0 unspecified atom stereocenters. The number of hydrogen-bond acceptors (Lipinski definition) is 4. The number of aliphatic carboxylic acids is 1. The summed E-state index contributed by atoms with van der Waals surface area (Å²) in [5.74, 6) is -0.526. The van der Waals surface area contributed by atoms with Gasteiger partial charge in [0.2, 0.25) is 0 Å². The van der Waals surface area contributed by atoms with Crippen LogP contribution in [0.15, 0.2) is 18.5 Å². The van der Waals surface area contributed by atoms with E-state index in [4.69, 9.17) is 5.73 Å². The first kappa shape index (κ1) is 15.9. The van der Waals surface area contributed by atoms with Crippen LogP contribution in [0.3, 0.4) is 0 Å². The maximum absolute atomic E-state index is 11.8. The summed E-state index contributed by atoms with van der Waals surface area (Å²) in [4.78, 5) is 30.4. The van der Waals surface area contributed by atoms with Gasteiger partial charge in [-0.2, -0.15) is 0 Å². The third-order valence-corrected chi connectivity index (χ3v) is 5.69. The van der Waals surface area contributed by atoms with Gasteiger partial charge < -0.3 is 21.1 Å². The zero-order chi connectivity index (χ0) is 17.6. The Balaban J connectivity index is 1.58. The molecule has 0 radical (unpaired) electrons. The molecule has 2 saturated carbocycles. The van der Waals surface area contributed by atoms with Crippen molar-refractivity contribution in [2.45, 2.75) is 38.1 Å². The van der Waals surface area contributed by atoms with Crippen molar-refractivity contribution < 1.29 is 14.7 Å². The first-order chi connectivity index (χ1) is 12.0. The van der Waals surface area contributed by atoms with Gasteiger partial charge in [-0.25, -0.2) is 4.98 Å². The Morgan fingerprint density at radius 1 is 1.20 bits per heavy atom. The number of nitrogens with zero attached hydrogens (tertiary/aromatic N) is 1. The highest BCUT2D eigenvalue weighted by Crippen LogP contribution is 2.44. The van der Waals surface area contributed by atoms with Crippen LogP contribution >= 0.6 is 0 Å². The summed E-state index contributed by atoms with van der Waals surface area (Å²) in [5.41, 5.74) is 7.37. The molecule has 0 aromatic carbocycles. The summed E-state index contributed by atoms with van der Waals surface area (Å²) in [6.07, 6.45) is 7.76. The molecule has 25 heavy (non-hydrogen) atoms. The van der Waals surface area contributed by atoms with Gasteiger partial charge in [-0.1, -0.05) is 0 Å². The molecule has 2 heterocycles. The summed E-state index contributed by atoms with van der Waals surface area (Å²) < 4.78 is 0. The van der Waals surface area contributed by atoms with Crippen molar-refractivity contribution in [2.24, 2.45) is 23.5 Å². The zero-order valence-corrected chi connectivity index (χ0v) is 13.9. The minimum absolute atomic E-state index is 0.205. The third-order valence-electron chi connectivity index (χ3n) is 5.69. The van der Waals surface area contributed by atoms with Crippen molar-refractivity contribution in [1.29, 1.82) is 0 Å². The largest absolute Gasteiger partial charge is 0.481 e. The van der Waals surface area contributed by atoms with Gasteiger partial charge in [0.05, 0.1) is 17.2 Å². The molecule has 2 aromatic heterocycles. The molecular weight excluding hydrogens is 320 g/mol. The molecule has 2 fully saturated rings. The Morgan fingerprint density at radius 2 is 1.92 bits per heavy atom. The zero-order valence-electron chi connectivity index (χ0n) is 13.9. The molecule has 132 valence electrons. The lowest BCUT2D eigenvalue weighted by Gasteiger charge is -2.42. The molecule has 0 spiro atoms. The van der Waals surface area contributed by atoms with Crippen LogP contribution in [0.25, 0.3) is 11.0 Å². The predicted octanol–water partition coefficient (Wildman–Crippen LogP) is 2.35. The van der Waals surface area contributed by atoms with E-state index in [1.807, 2.05) is 6.07 Å². The number of anilines is 1. The average Bonchev–Trinajstić information content (AvgIpc) is 3.03. The number of carbonyl (C=O) groups is 2. The Hall–Kier alpha value is -2.57. The number of carboxylic acids is 1. The lowest BCUT2D eigenvalue weighted by atomic mass is 9.66. The number of H-pyrrole nitrogens is 1. The second-order valence-corrected chi connectivity index (χ2v) is 7.44. The maximum Gasteiger partial charge on any atom is 0.306 e. The van der Waals surface area contributed by atoms with Crippen LogP contribution in [-0.4, -0.2) is 33.0 Å². The topological polar surface area (TPSA) is 121 Å². The molecular formula is C18H22N4O3. The van der Waals surface area contributed by atoms with E-state index in [1.165, 1.54) is 6.20 Å². The number of fused-ring (bicyclic) bond motifs is 3. The first-order valence-electron chi connectivity index (χ1n) is 8.76. The monoisotopic (exact) mass is 342 g/mol. The smallest absolute Gasteiger partial charge is 0.306 e. The minimum atomic E-state index is -0.666. The molecule has 0 aliphatic heterocycles. The van der Waals surface area contributed by atoms with E-state index < -0.39 is 11.9 Å². The molecule has 2 aliphatic rings. The van der Waals surface area contributed by atoms with Crippen LogP contribution in [0.5, 0.6) is 0 Å². The molecule has 0 saturated heterocycles. The second kappa shape index (κ2) is 6.06. The van der Waals surface area contributed by atoms with E-state index in [9.17, 15) is 14.7 Å². The van der Waals surface area contributed by atoms with E-state index >= 15 is 0 Å². The van der Waals surface area contributed by atoms with Gasteiger partial charge in [-0.3, -0.25) is 9.59 Å². The number of amides is 1. The molecule has 2 aromatic rings. The van der Waals surface area contributed by atoms with Gasteiger partial charge in [0.1, 0.15) is 5.65 Å². The third kappa shape index (κ3) is 2.94. The molecule has 1 amide bonds. The highest BCUT2D eigenvalue weighted by Gasteiger charge is 2.38. The van der Waals surface area contributed by atoms with E-state index in [0.29, 0.717) is 17.4 Å². The minimum Gasteiger partial charge on any atom is -0.481 e. The SMILES string of the molecule is NC(=O)c1cnc2[nH]ccc2c1N[C@H]1C[C@H]2C[C@@H](C1)C[C@H](C(=O)O)C2. The number of pyridine rings is 1. The molecule has 4 atom stereocenters.